The predicted molar refractivity (Wildman–Crippen MR) is 187 cm³/mol. The average Bonchev–Trinajstić information content (AvgIpc) is 3.44. The first-order valence-corrected chi connectivity index (χ1v) is 16.6. The van der Waals surface area contributed by atoms with Gasteiger partial charge in [0.1, 0.15) is 0 Å². The molecule has 8 aromatic rings. The molecule has 1 nitrogen and oxygen atoms in total. The van der Waals surface area contributed by atoms with E-state index >= 15 is 0 Å². The number of hydrogen-bond donors (Lipinski definition) is 0. The van der Waals surface area contributed by atoms with Gasteiger partial charge in [0.15, 0.2) is 0 Å². The fraction of sp³-hybridized carbons (Fsp3) is 0.0732. The molecule has 0 spiro atoms. The maximum absolute atomic E-state index is 2.43. The van der Waals surface area contributed by atoms with Crippen molar-refractivity contribution in [2.45, 2.75) is 19.3 Å². The third-order valence-electron chi connectivity index (χ3n) is 8.95. The quantitative estimate of drug-likeness (QED) is 0.137. The number of hydrogen-bond acceptors (Lipinski definition) is 1. The van der Waals surface area contributed by atoms with Gasteiger partial charge < -0.3 is 0 Å². The summed E-state index contributed by atoms with van der Waals surface area (Å²) in [6.07, 6.45) is 0. The van der Waals surface area contributed by atoms with Gasteiger partial charge in [-0.1, -0.05) is 6.07 Å². The molecule has 8 rings (SSSR count). The first-order chi connectivity index (χ1) is 21.1. The van der Waals surface area contributed by atoms with Crippen LogP contribution in [0.15, 0.2) is 152 Å². The Morgan fingerprint density at radius 1 is 0.465 bits per heavy atom. The molecular weight excluding hydrogens is 585 g/mol. The summed E-state index contributed by atoms with van der Waals surface area (Å²) in [6, 6.07) is 55.7. The Bertz CT molecular complexity index is 2240. The summed E-state index contributed by atoms with van der Waals surface area (Å²) in [7, 11) is 0. The van der Waals surface area contributed by atoms with Crippen molar-refractivity contribution in [3.05, 3.63) is 163 Å². The Balaban J connectivity index is 1.27. The molecule has 0 saturated carbocycles. The molecule has 0 aliphatic rings. The van der Waals surface area contributed by atoms with E-state index in [2.05, 4.69) is 170 Å². The SMILES string of the molecule is CC(C)(c1ccccc1)c1ccc(N(c2ccccc2)c2ccc3c(c2)[se]c2c3ccc3ccc4ccccc4c32)cc1. The molecule has 206 valence electrons. The standard InChI is InChI=1S/C41H31NSe/c1-41(2,30-12-5-3-6-13-30)31-20-22-33(23-21-31)42(32-14-7-4-8-15-32)34-24-26-36-37-25-19-29-18-17-28-11-9-10-16-35(28)39(29)40(37)43-38(36)27-34/h3-27H,1-2H3. The molecule has 2 heteroatoms. The van der Waals surface area contributed by atoms with Crippen LogP contribution in [0.2, 0.25) is 0 Å². The predicted octanol–water partition coefficient (Wildman–Crippen LogP) is 11.2. The Hall–Kier alpha value is -4.62. The second-order valence-corrected chi connectivity index (χ2v) is 14.0. The summed E-state index contributed by atoms with van der Waals surface area (Å²) in [5.41, 5.74) is 6.08. The van der Waals surface area contributed by atoms with E-state index < -0.39 is 0 Å². The number of fused-ring (bicyclic) bond motifs is 7. The fourth-order valence-corrected chi connectivity index (χ4v) is 9.26. The molecule has 0 saturated heterocycles. The van der Waals surface area contributed by atoms with Crippen molar-refractivity contribution in [3.63, 3.8) is 0 Å². The van der Waals surface area contributed by atoms with Crippen LogP contribution in [0.25, 0.3) is 40.8 Å². The summed E-state index contributed by atoms with van der Waals surface area (Å²) in [6.45, 7) is 4.61. The van der Waals surface area contributed by atoms with E-state index in [9.17, 15) is 0 Å². The van der Waals surface area contributed by atoms with Crippen LogP contribution < -0.4 is 4.90 Å². The van der Waals surface area contributed by atoms with Crippen molar-refractivity contribution in [1.29, 1.82) is 0 Å². The van der Waals surface area contributed by atoms with Crippen LogP contribution >= 0.6 is 0 Å². The van der Waals surface area contributed by atoms with Crippen molar-refractivity contribution in [2.24, 2.45) is 0 Å². The van der Waals surface area contributed by atoms with Gasteiger partial charge in [-0.3, -0.25) is 0 Å². The normalized spacial score (nSPS) is 12.0. The van der Waals surface area contributed by atoms with Crippen LogP contribution in [-0.4, -0.2) is 14.5 Å². The molecule has 43 heavy (non-hydrogen) atoms. The van der Waals surface area contributed by atoms with Crippen molar-refractivity contribution >= 4 is 72.4 Å². The molecule has 0 N–H and O–H groups in total. The Morgan fingerprint density at radius 2 is 1.05 bits per heavy atom. The molecule has 0 aliphatic carbocycles. The third-order valence-corrected chi connectivity index (χ3v) is 11.4. The monoisotopic (exact) mass is 617 g/mol. The van der Waals surface area contributed by atoms with Gasteiger partial charge in [0.05, 0.1) is 0 Å². The second-order valence-electron chi connectivity index (χ2n) is 11.8. The molecular formula is C41H31NSe. The van der Waals surface area contributed by atoms with E-state index in [1.54, 1.807) is 0 Å². The van der Waals surface area contributed by atoms with Crippen LogP contribution in [0.3, 0.4) is 0 Å². The topological polar surface area (TPSA) is 3.24 Å². The zero-order chi connectivity index (χ0) is 29.0. The molecule has 0 radical (unpaired) electrons. The van der Waals surface area contributed by atoms with Gasteiger partial charge in [0, 0.05) is 0 Å². The van der Waals surface area contributed by atoms with Gasteiger partial charge in [0.25, 0.3) is 0 Å². The maximum atomic E-state index is 2.43. The fourth-order valence-electron chi connectivity index (χ4n) is 6.52. The van der Waals surface area contributed by atoms with Gasteiger partial charge >= 0.3 is 253 Å². The van der Waals surface area contributed by atoms with Crippen molar-refractivity contribution < 1.29 is 0 Å². The Kier molecular flexibility index (Phi) is 6.22. The second kappa shape index (κ2) is 10.3. The summed E-state index contributed by atoms with van der Waals surface area (Å²) in [5.74, 6) is 0. The zero-order valence-corrected chi connectivity index (χ0v) is 26.0. The first-order valence-electron chi connectivity index (χ1n) is 14.9. The van der Waals surface area contributed by atoms with E-state index in [-0.39, 0.29) is 19.9 Å². The van der Waals surface area contributed by atoms with Crippen molar-refractivity contribution in [2.75, 3.05) is 4.90 Å². The van der Waals surface area contributed by atoms with E-state index in [4.69, 9.17) is 0 Å². The summed E-state index contributed by atoms with van der Waals surface area (Å²) >= 11 is 0.218. The molecule has 0 unspecified atom stereocenters. The van der Waals surface area contributed by atoms with E-state index in [0.29, 0.717) is 0 Å². The van der Waals surface area contributed by atoms with Crippen LogP contribution in [0.4, 0.5) is 17.1 Å². The van der Waals surface area contributed by atoms with Crippen LogP contribution in [0.5, 0.6) is 0 Å². The Labute approximate surface area is 258 Å². The molecule has 1 heterocycles. The number of rotatable bonds is 5. The molecule has 0 fully saturated rings. The molecule has 0 atom stereocenters. The summed E-state index contributed by atoms with van der Waals surface area (Å²) in [5, 5.41) is 8.19. The number of nitrogens with zero attached hydrogens (tertiary/aromatic N) is 1. The van der Waals surface area contributed by atoms with Crippen molar-refractivity contribution in [1.82, 2.24) is 0 Å². The van der Waals surface area contributed by atoms with Crippen LogP contribution in [-0.2, 0) is 5.41 Å². The third kappa shape index (κ3) is 4.38. The molecule has 0 bridgehead atoms. The first kappa shape index (κ1) is 26.0. The van der Waals surface area contributed by atoms with E-state index in [1.165, 1.54) is 63.3 Å². The zero-order valence-electron chi connectivity index (χ0n) is 24.3. The molecule has 7 aromatic carbocycles. The van der Waals surface area contributed by atoms with Crippen molar-refractivity contribution in [3.8, 4) is 0 Å². The van der Waals surface area contributed by atoms with Gasteiger partial charge in [0.2, 0.25) is 0 Å². The van der Waals surface area contributed by atoms with Gasteiger partial charge in [-0.2, -0.15) is 0 Å². The van der Waals surface area contributed by atoms with Crippen LogP contribution in [0, 0.1) is 0 Å². The molecule has 1 aromatic heterocycles. The minimum atomic E-state index is -0.0772. The molecule has 0 aliphatic heterocycles. The summed E-state index contributed by atoms with van der Waals surface area (Å²) in [4.78, 5) is 2.39. The Morgan fingerprint density at radius 3 is 1.84 bits per heavy atom. The molecule has 0 amide bonds. The van der Waals surface area contributed by atoms with Gasteiger partial charge in [-0.25, -0.2) is 0 Å². The average molecular weight is 617 g/mol. The van der Waals surface area contributed by atoms with Crippen LogP contribution in [0.1, 0.15) is 25.0 Å². The van der Waals surface area contributed by atoms with Gasteiger partial charge in [-0.15, -0.1) is 0 Å². The number of benzene rings is 7. The van der Waals surface area contributed by atoms with E-state index in [1.807, 2.05) is 0 Å². The van der Waals surface area contributed by atoms with E-state index in [0.717, 1.165) is 5.69 Å². The summed E-state index contributed by atoms with van der Waals surface area (Å²) < 4.78 is 2.95. The number of anilines is 3. The minimum absolute atomic E-state index is 0.0772. The van der Waals surface area contributed by atoms with Gasteiger partial charge in [-0.05, 0) is 0 Å². The number of para-hydroxylation sites is 1.